The van der Waals surface area contributed by atoms with Gasteiger partial charge >= 0.3 is 0 Å². The zero-order valence-corrected chi connectivity index (χ0v) is 17.9. The lowest BCUT2D eigenvalue weighted by atomic mass is 10.2. The van der Waals surface area contributed by atoms with E-state index in [-0.39, 0.29) is 11.9 Å². The van der Waals surface area contributed by atoms with Gasteiger partial charge in [0.05, 0.1) is 12.3 Å². The van der Waals surface area contributed by atoms with Crippen LogP contribution in [0.1, 0.15) is 40.6 Å². The minimum Gasteiger partial charge on any atom is -0.486 e. The minimum atomic E-state index is -0.0980. The van der Waals surface area contributed by atoms with Crippen LogP contribution in [0.25, 0.3) is 0 Å². The van der Waals surface area contributed by atoms with Crippen LogP contribution in [0.3, 0.4) is 0 Å². The lowest BCUT2D eigenvalue weighted by molar-refractivity contribution is 0.0777. The van der Waals surface area contributed by atoms with Crippen LogP contribution in [0.5, 0.6) is 11.5 Å². The topological polar surface area (TPSA) is 71.2 Å². The molecule has 7 nitrogen and oxygen atoms in total. The predicted molar refractivity (Wildman–Crippen MR) is 114 cm³/mol. The molecule has 1 unspecified atom stereocenters. The molecule has 0 bridgehead atoms. The van der Waals surface area contributed by atoms with Gasteiger partial charge in [-0.05, 0) is 44.9 Å². The van der Waals surface area contributed by atoms with E-state index in [1.165, 1.54) is 11.8 Å². The molecule has 156 valence electrons. The van der Waals surface area contributed by atoms with E-state index >= 15 is 0 Å². The first-order valence-corrected chi connectivity index (χ1v) is 11.2. The van der Waals surface area contributed by atoms with Crippen molar-refractivity contribution < 1.29 is 14.3 Å². The Kier molecular flexibility index (Phi) is 5.02. The Morgan fingerprint density at radius 2 is 2.03 bits per heavy atom. The molecule has 0 spiro atoms. The van der Waals surface area contributed by atoms with Gasteiger partial charge in [0.2, 0.25) is 0 Å². The molecule has 2 aromatic heterocycles. The van der Waals surface area contributed by atoms with Crippen LogP contribution in [0.4, 0.5) is 0 Å². The second kappa shape index (κ2) is 7.83. The fourth-order valence-electron chi connectivity index (χ4n) is 3.87. The van der Waals surface area contributed by atoms with E-state index in [1.807, 2.05) is 44.2 Å². The average Bonchev–Trinajstić information content (AvgIpc) is 3.43. The van der Waals surface area contributed by atoms with Crippen LogP contribution in [-0.2, 0) is 6.54 Å². The molecule has 1 atom stereocenters. The van der Waals surface area contributed by atoms with E-state index in [2.05, 4.69) is 19.3 Å². The summed E-state index contributed by atoms with van der Waals surface area (Å²) in [5, 5.41) is 9.00. The Morgan fingerprint density at radius 1 is 1.23 bits per heavy atom. The number of thioether (sulfide) groups is 1. The van der Waals surface area contributed by atoms with E-state index in [4.69, 9.17) is 9.47 Å². The maximum absolute atomic E-state index is 12.9. The number of para-hydroxylation sites is 2. The highest BCUT2D eigenvalue weighted by Crippen LogP contribution is 2.37. The van der Waals surface area contributed by atoms with Crippen molar-refractivity contribution in [1.29, 1.82) is 0 Å². The van der Waals surface area contributed by atoms with E-state index < -0.39 is 0 Å². The fraction of sp³-hybridized carbons (Fsp3) is 0.409. The number of benzene rings is 1. The molecule has 3 aromatic rings. The van der Waals surface area contributed by atoms with Crippen LogP contribution >= 0.6 is 11.8 Å². The van der Waals surface area contributed by atoms with Crippen LogP contribution in [0.15, 0.2) is 41.8 Å². The molecule has 0 N–H and O–H groups in total. The van der Waals surface area contributed by atoms with Crippen molar-refractivity contribution in [2.75, 3.05) is 12.4 Å². The van der Waals surface area contributed by atoms with Crippen molar-refractivity contribution in [2.45, 2.75) is 50.5 Å². The number of aryl methyl sites for hydroxylation is 1. The fourth-order valence-corrected chi connectivity index (χ4v) is 4.73. The Labute approximate surface area is 179 Å². The summed E-state index contributed by atoms with van der Waals surface area (Å²) >= 11 is 1.46. The summed E-state index contributed by atoms with van der Waals surface area (Å²) in [6, 6.07) is 10.2. The Bertz CT molecular complexity index is 1090. The molecule has 1 aromatic carbocycles. The van der Waals surface area contributed by atoms with Gasteiger partial charge in [0.1, 0.15) is 12.9 Å². The molecular formula is C22H24N4O3S. The summed E-state index contributed by atoms with van der Waals surface area (Å²) in [4.78, 5) is 12.9. The van der Waals surface area contributed by atoms with E-state index in [9.17, 15) is 4.79 Å². The number of rotatable bonds is 7. The maximum atomic E-state index is 12.9. The normalized spacial score (nSPS) is 17.9. The van der Waals surface area contributed by atoms with Gasteiger partial charge in [-0.1, -0.05) is 23.9 Å². The van der Waals surface area contributed by atoms with Crippen LogP contribution in [-0.4, -0.2) is 43.6 Å². The van der Waals surface area contributed by atoms with Crippen molar-refractivity contribution in [3.63, 3.8) is 0 Å². The van der Waals surface area contributed by atoms with Crippen molar-refractivity contribution in [1.82, 2.24) is 19.3 Å². The molecule has 0 amide bonds. The van der Waals surface area contributed by atoms with Crippen molar-refractivity contribution >= 4 is 17.5 Å². The van der Waals surface area contributed by atoms with Gasteiger partial charge in [0.25, 0.3) is 0 Å². The summed E-state index contributed by atoms with van der Waals surface area (Å²) in [5.74, 6) is 2.01. The third kappa shape index (κ3) is 3.71. The van der Waals surface area contributed by atoms with Crippen LogP contribution < -0.4 is 9.47 Å². The SMILES string of the molecule is Cc1cc(C(=O)CSc2nncn2C2CC2)c(C)n1CC1COc2ccccc2O1. The lowest BCUT2D eigenvalue weighted by Gasteiger charge is -2.27. The number of nitrogens with zero attached hydrogens (tertiary/aromatic N) is 4. The molecule has 1 saturated carbocycles. The average molecular weight is 425 g/mol. The lowest BCUT2D eigenvalue weighted by Crippen LogP contribution is -2.33. The van der Waals surface area contributed by atoms with Crippen molar-refractivity contribution in [3.8, 4) is 11.5 Å². The highest BCUT2D eigenvalue weighted by molar-refractivity contribution is 7.99. The highest BCUT2D eigenvalue weighted by Gasteiger charge is 2.27. The minimum absolute atomic E-state index is 0.0980. The summed E-state index contributed by atoms with van der Waals surface area (Å²) < 4.78 is 16.2. The molecular weight excluding hydrogens is 400 g/mol. The quantitative estimate of drug-likeness (QED) is 0.424. The molecule has 1 aliphatic heterocycles. The maximum Gasteiger partial charge on any atom is 0.191 e. The number of ketones is 1. The summed E-state index contributed by atoms with van der Waals surface area (Å²) in [6.07, 6.45) is 4.00. The summed E-state index contributed by atoms with van der Waals surface area (Å²) in [6.45, 7) is 5.15. The molecule has 0 saturated heterocycles. The number of carbonyl (C=O) groups excluding carboxylic acids is 1. The predicted octanol–water partition coefficient (Wildman–Crippen LogP) is 3.85. The van der Waals surface area contributed by atoms with Gasteiger partial charge in [-0.2, -0.15) is 0 Å². The molecule has 0 radical (unpaired) electrons. The molecule has 5 rings (SSSR count). The first-order valence-electron chi connectivity index (χ1n) is 10.2. The molecule has 1 aliphatic carbocycles. The summed E-state index contributed by atoms with van der Waals surface area (Å²) in [7, 11) is 0. The zero-order valence-electron chi connectivity index (χ0n) is 17.1. The Balaban J connectivity index is 1.26. The Hall–Kier alpha value is -2.74. The van der Waals surface area contributed by atoms with Crippen molar-refractivity contribution in [2.24, 2.45) is 0 Å². The third-order valence-corrected chi connectivity index (χ3v) is 6.60. The molecule has 1 fully saturated rings. The second-order valence-corrected chi connectivity index (χ2v) is 8.80. The largest absolute Gasteiger partial charge is 0.486 e. The van der Waals surface area contributed by atoms with Crippen LogP contribution in [0, 0.1) is 13.8 Å². The zero-order chi connectivity index (χ0) is 20.7. The van der Waals surface area contributed by atoms with Gasteiger partial charge in [0.15, 0.2) is 28.5 Å². The van der Waals surface area contributed by atoms with Gasteiger partial charge in [-0.25, -0.2) is 0 Å². The number of hydrogen-bond acceptors (Lipinski definition) is 6. The molecule has 2 aliphatic rings. The standard InChI is InChI=1S/C22H24N4O3S/c1-14-9-18(19(27)12-30-22-24-23-13-26(22)16-7-8-16)15(2)25(14)10-17-11-28-20-5-3-4-6-21(20)29-17/h3-6,9,13,16-17H,7-8,10-12H2,1-2H3. The molecule has 30 heavy (non-hydrogen) atoms. The number of aromatic nitrogens is 4. The molecule has 8 heteroatoms. The highest BCUT2D eigenvalue weighted by atomic mass is 32.2. The number of fused-ring (bicyclic) bond motifs is 1. The molecule has 3 heterocycles. The number of hydrogen-bond donors (Lipinski definition) is 0. The first-order chi connectivity index (χ1) is 14.6. The number of carbonyl (C=O) groups is 1. The first kappa shape index (κ1) is 19.2. The number of Topliss-reactive ketones (excluding diaryl/α,β-unsaturated/α-hetero) is 1. The van der Waals surface area contributed by atoms with E-state index in [0.717, 1.165) is 46.4 Å². The number of ether oxygens (including phenoxy) is 2. The van der Waals surface area contributed by atoms with Gasteiger partial charge in [-0.15, -0.1) is 10.2 Å². The van der Waals surface area contributed by atoms with Crippen LogP contribution in [0.2, 0.25) is 0 Å². The van der Waals surface area contributed by atoms with E-state index in [1.54, 1.807) is 6.33 Å². The monoisotopic (exact) mass is 424 g/mol. The van der Waals surface area contributed by atoms with Gasteiger partial charge < -0.3 is 18.6 Å². The van der Waals surface area contributed by atoms with Gasteiger partial charge in [0, 0.05) is 23.0 Å². The third-order valence-electron chi connectivity index (χ3n) is 5.64. The smallest absolute Gasteiger partial charge is 0.191 e. The summed E-state index contributed by atoms with van der Waals surface area (Å²) in [5.41, 5.74) is 2.77. The Morgan fingerprint density at radius 3 is 2.83 bits per heavy atom. The van der Waals surface area contributed by atoms with Gasteiger partial charge in [-0.3, -0.25) is 4.79 Å². The van der Waals surface area contributed by atoms with E-state index in [0.29, 0.717) is 24.9 Å². The second-order valence-electron chi connectivity index (χ2n) is 7.86. The van der Waals surface area contributed by atoms with Crippen molar-refractivity contribution in [3.05, 3.63) is 53.6 Å².